The second-order valence-corrected chi connectivity index (χ2v) is 3.05. The van der Waals surface area contributed by atoms with Crippen molar-refractivity contribution in [2.75, 3.05) is 12.4 Å². The van der Waals surface area contributed by atoms with Gasteiger partial charge in [-0.05, 0) is 12.1 Å². The Bertz CT molecular complexity index is 525. The van der Waals surface area contributed by atoms with E-state index in [0.29, 0.717) is 16.7 Å². The number of nitro groups is 1. The van der Waals surface area contributed by atoms with E-state index >= 15 is 0 Å². The maximum absolute atomic E-state index is 10.8. The Balaban J connectivity index is 2.80. The highest BCUT2D eigenvalue weighted by Gasteiger charge is 2.13. The van der Waals surface area contributed by atoms with E-state index in [-0.39, 0.29) is 5.69 Å². The van der Waals surface area contributed by atoms with Crippen LogP contribution in [0.25, 0.3) is 10.9 Å². The lowest BCUT2D eigenvalue weighted by molar-refractivity contribution is -0.383. The van der Waals surface area contributed by atoms with Gasteiger partial charge >= 0.3 is 0 Å². The number of hydrogen-bond donors (Lipinski definition) is 1. The van der Waals surface area contributed by atoms with E-state index in [0.717, 1.165) is 0 Å². The fourth-order valence-corrected chi connectivity index (χ4v) is 1.44. The molecule has 1 N–H and O–H groups in total. The molecule has 2 aromatic rings. The number of fused-ring (bicyclic) bond motifs is 1. The zero-order valence-electron chi connectivity index (χ0n) is 8.10. The van der Waals surface area contributed by atoms with Crippen LogP contribution in [-0.2, 0) is 0 Å². The molecule has 1 heterocycles. The average molecular weight is 203 g/mol. The van der Waals surface area contributed by atoms with Gasteiger partial charge in [-0.3, -0.25) is 10.1 Å². The fraction of sp³-hybridized carbons (Fsp3) is 0.100. The van der Waals surface area contributed by atoms with E-state index < -0.39 is 4.92 Å². The maximum atomic E-state index is 10.8. The van der Waals surface area contributed by atoms with Crippen molar-refractivity contribution >= 4 is 22.4 Å². The number of nitrogens with one attached hydrogen (secondary N) is 1. The minimum absolute atomic E-state index is 0.0740. The summed E-state index contributed by atoms with van der Waals surface area (Å²) < 4.78 is 0. The number of rotatable bonds is 2. The Morgan fingerprint density at radius 2 is 2.13 bits per heavy atom. The van der Waals surface area contributed by atoms with E-state index in [1.54, 1.807) is 31.3 Å². The standard InChI is InChI=1S/C10H9N3O2/c1-11-10-6-9(13(14)15)7-4-2-3-5-8(7)12-10/h2-6H,1H3,(H,11,12). The van der Waals surface area contributed by atoms with Gasteiger partial charge in [-0.25, -0.2) is 4.98 Å². The Labute approximate surface area is 85.9 Å². The highest BCUT2D eigenvalue weighted by atomic mass is 16.6. The number of benzene rings is 1. The van der Waals surface area contributed by atoms with Crippen LogP contribution in [0, 0.1) is 10.1 Å². The van der Waals surface area contributed by atoms with E-state index in [4.69, 9.17) is 0 Å². The molecule has 0 unspecified atom stereocenters. The highest BCUT2D eigenvalue weighted by molar-refractivity contribution is 5.89. The quantitative estimate of drug-likeness (QED) is 0.600. The highest BCUT2D eigenvalue weighted by Crippen LogP contribution is 2.26. The van der Waals surface area contributed by atoms with E-state index in [1.807, 2.05) is 0 Å². The average Bonchev–Trinajstić information content (AvgIpc) is 2.27. The number of anilines is 1. The molecule has 15 heavy (non-hydrogen) atoms. The molecule has 5 nitrogen and oxygen atoms in total. The molecule has 0 spiro atoms. The molecule has 1 aromatic heterocycles. The molecule has 0 fully saturated rings. The van der Waals surface area contributed by atoms with Crippen LogP contribution >= 0.6 is 0 Å². The van der Waals surface area contributed by atoms with Crippen molar-refractivity contribution in [3.05, 3.63) is 40.4 Å². The predicted molar refractivity (Wildman–Crippen MR) is 57.9 cm³/mol. The molecular weight excluding hydrogens is 194 g/mol. The molecule has 0 atom stereocenters. The van der Waals surface area contributed by atoms with Gasteiger partial charge in [0.05, 0.1) is 21.9 Å². The predicted octanol–water partition coefficient (Wildman–Crippen LogP) is 2.18. The van der Waals surface area contributed by atoms with Crippen molar-refractivity contribution in [3.8, 4) is 0 Å². The third-order valence-electron chi connectivity index (χ3n) is 2.15. The third-order valence-corrected chi connectivity index (χ3v) is 2.15. The summed E-state index contributed by atoms with van der Waals surface area (Å²) in [7, 11) is 1.68. The minimum atomic E-state index is -0.398. The van der Waals surface area contributed by atoms with Crippen LogP contribution in [0.4, 0.5) is 11.5 Å². The van der Waals surface area contributed by atoms with Gasteiger partial charge in [-0.15, -0.1) is 0 Å². The normalized spacial score (nSPS) is 10.2. The topological polar surface area (TPSA) is 68.1 Å². The number of para-hydroxylation sites is 1. The molecule has 0 aliphatic rings. The number of nitrogens with zero attached hydrogens (tertiary/aromatic N) is 2. The van der Waals surface area contributed by atoms with Gasteiger partial charge in [0.25, 0.3) is 5.69 Å². The Kier molecular flexibility index (Phi) is 2.21. The lowest BCUT2D eigenvalue weighted by atomic mass is 10.2. The van der Waals surface area contributed by atoms with Crippen LogP contribution < -0.4 is 5.32 Å². The van der Waals surface area contributed by atoms with Crippen molar-refractivity contribution in [1.29, 1.82) is 0 Å². The van der Waals surface area contributed by atoms with Crippen LogP contribution in [0.15, 0.2) is 30.3 Å². The lowest BCUT2D eigenvalue weighted by Gasteiger charge is -2.02. The zero-order valence-corrected chi connectivity index (χ0v) is 8.10. The first-order valence-corrected chi connectivity index (χ1v) is 4.44. The maximum Gasteiger partial charge on any atom is 0.282 e. The smallest absolute Gasteiger partial charge is 0.282 e. The molecule has 0 saturated carbocycles. The van der Waals surface area contributed by atoms with Crippen molar-refractivity contribution in [2.45, 2.75) is 0 Å². The van der Waals surface area contributed by atoms with E-state index in [1.165, 1.54) is 6.07 Å². The van der Waals surface area contributed by atoms with E-state index in [2.05, 4.69) is 10.3 Å². The number of pyridine rings is 1. The summed E-state index contributed by atoms with van der Waals surface area (Å²) in [5.41, 5.74) is 0.695. The molecule has 0 saturated heterocycles. The number of hydrogen-bond acceptors (Lipinski definition) is 4. The second-order valence-electron chi connectivity index (χ2n) is 3.05. The molecule has 2 rings (SSSR count). The molecule has 0 amide bonds. The van der Waals surface area contributed by atoms with Crippen LogP contribution in [0.3, 0.4) is 0 Å². The van der Waals surface area contributed by atoms with Crippen LogP contribution in [0.1, 0.15) is 0 Å². The Morgan fingerprint density at radius 1 is 1.40 bits per heavy atom. The summed E-state index contributed by atoms with van der Waals surface area (Å²) >= 11 is 0. The molecule has 1 aromatic carbocycles. The van der Waals surface area contributed by atoms with Gasteiger partial charge in [-0.1, -0.05) is 12.1 Å². The summed E-state index contributed by atoms with van der Waals surface area (Å²) in [6, 6.07) is 8.44. The van der Waals surface area contributed by atoms with Crippen molar-refractivity contribution in [3.63, 3.8) is 0 Å². The number of aromatic nitrogens is 1. The third kappa shape index (κ3) is 1.59. The Hall–Kier alpha value is -2.17. The second kappa shape index (κ2) is 3.53. The SMILES string of the molecule is CNc1cc([N+](=O)[O-])c2ccccc2n1. The molecular formula is C10H9N3O2. The van der Waals surface area contributed by atoms with Gasteiger partial charge in [-0.2, -0.15) is 0 Å². The molecule has 0 aliphatic carbocycles. The Morgan fingerprint density at radius 3 is 2.80 bits per heavy atom. The van der Waals surface area contributed by atoms with Gasteiger partial charge in [0, 0.05) is 7.05 Å². The molecule has 0 aliphatic heterocycles. The summed E-state index contributed by atoms with van der Waals surface area (Å²) in [6.45, 7) is 0. The monoisotopic (exact) mass is 203 g/mol. The van der Waals surface area contributed by atoms with Gasteiger partial charge in [0.2, 0.25) is 0 Å². The van der Waals surface area contributed by atoms with Crippen LogP contribution in [0.2, 0.25) is 0 Å². The van der Waals surface area contributed by atoms with Crippen LogP contribution in [0.5, 0.6) is 0 Å². The minimum Gasteiger partial charge on any atom is -0.373 e. The van der Waals surface area contributed by atoms with Crippen LogP contribution in [-0.4, -0.2) is 17.0 Å². The summed E-state index contributed by atoms with van der Waals surface area (Å²) in [5, 5.41) is 14.2. The first-order valence-electron chi connectivity index (χ1n) is 4.44. The van der Waals surface area contributed by atoms with E-state index in [9.17, 15) is 10.1 Å². The largest absolute Gasteiger partial charge is 0.373 e. The molecule has 76 valence electrons. The molecule has 0 radical (unpaired) electrons. The summed E-state index contributed by atoms with van der Waals surface area (Å²) in [5.74, 6) is 0.500. The van der Waals surface area contributed by atoms with Crippen molar-refractivity contribution in [1.82, 2.24) is 4.98 Å². The van der Waals surface area contributed by atoms with Crippen molar-refractivity contribution in [2.24, 2.45) is 0 Å². The van der Waals surface area contributed by atoms with Gasteiger partial charge < -0.3 is 5.32 Å². The fourth-order valence-electron chi connectivity index (χ4n) is 1.44. The van der Waals surface area contributed by atoms with Crippen molar-refractivity contribution < 1.29 is 4.92 Å². The summed E-state index contributed by atoms with van der Waals surface area (Å²) in [6.07, 6.45) is 0. The lowest BCUT2D eigenvalue weighted by Crippen LogP contribution is -1.96. The summed E-state index contributed by atoms with van der Waals surface area (Å²) in [4.78, 5) is 14.7. The van der Waals surface area contributed by atoms with Gasteiger partial charge in [0.15, 0.2) is 0 Å². The zero-order chi connectivity index (χ0) is 10.8. The molecule has 0 bridgehead atoms. The molecule has 5 heteroatoms. The van der Waals surface area contributed by atoms with Gasteiger partial charge in [0.1, 0.15) is 5.82 Å². The first kappa shape index (κ1) is 9.39. The first-order chi connectivity index (χ1) is 7.22.